The van der Waals surface area contributed by atoms with Gasteiger partial charge in [0.05, 0.1) is 4.88 Å². The third-order valence-electron chi connectivity index (χ3n) is 5.61. The van der Waals surface area contributed by atoms with Crippen LogP contribution in [0.25, 0.3) is 0 Å². The zero-order chi connectivity index (χ0) is 23.0. The van der Waals surface area contributed by atoms with Crippen molar-refractivity contribution in [3.63, 3.8) is 0 Å². The van der Waals surface area contributed by atoms with Crippen molar-refractivity contribution in [3.05, 3.63) is 57.3 Å². The van der Waals surface area contributed by atoms with E-state index >= 15 is 0 Å². The lowest BCUT2D eigenvalue weighted by molar-refractivity contribution is -0.144. The number of thiophene rings is 1. The van der Waals surface area contributed by atoms with Crippen molar-refractivity contribution < 1.29 is 24.2 Å². The average molecular weight is 461 g/mol. The highest BCUT2D eigenvalue weighted by molar-refractivity contribution is 7.14. The summed E-state index contributed by atoms with van der Waals surface area (Å²) in [4.78, 5) is 26.1. The monoisotopic (exact) mass is 460 g/mol. The second-order valence-corrected chi connectivity index (χ2v) is 9.04. The zero-order valence-corrected chi connectivity index (χ0v) is 19.5. The highest BCUT2D eigenvalue weighted by Crippen LogP contribution is 2.31. The van der Waals surface area contributed by atoms with Crippen LogP contribution in [0.4, 0.5) is 0 Å². The van der Waals surface area contributed by atoms with Crippen LogP contribution in [0.5, 0.6) is 0 Å². The molecule has 0 saturated heterocycles. The van der Waals surface area contributed by atoms with Crippen LogP contribution in [0.15, 0.2) is 36.4 Å². The first-order valence-electron chi connectivity index (χ1n) is 11.1. The molecule has 0 fully saturated rings. The summed E-state index contributed by atoms with van der Waals surface area (Å²) in [5.41, 5.74) is 1.14. The van der Waals surface area contributed by atoms with Gasteiger partial charge in [-0.25, -0.2) is 0 Å². The Morgan fingerprint density at radius 3 is 2.34 bits per heavy atom. The van der Waals surface area contributed by atoms with Crippen LogP contribution in [0.1, 0.15) is 52.4 Å². The minimum absolute atomic E-state index is 0.119. The highest BCUT2D eigenvalue weighted by atomic mass is 32.1. The van der Waals surface area contributed by atoms with E-state index in [1.165, 1.54) is 11.3 Å². The van der Waals surface area contributed by atoms with E-state index in [4.69, 9.17) is 9.47 Å². The van der Waals surface area contributed by atoms with Crippen molar-refractivity contribution in [1.29, 1.82) is 0 Å². The average Bonchev–Trinajstić information content (AvgIpc) is 3.40. The van der Waals surface area contributed by atoms with Crippen LogP contribution in [0.3, 0.4) is 0 Å². The molecule has 174 valence electrons. The maximum absolute atomic E-state index is 12.5. The molecule has 1 amide bonds. The van der Waals surface area contributed by atoms with Crippen molar-refractivity contribution in [2.24, 2.45) is 0 Å². The van der Waals surface area contributed by atoms with E-state index in [1.807, 2.05) is 44.2 Å². The van der Waals surface area contributed by atoms with Gasteiger partial charge in [-0.05, 0) is 43.5 Å². The summed E-state index contributed by atoms with van der Waals surface area (Å²) < 4.78 is 11.0. The number of carboxylic acids is 1. The SMILES string of the molecule is CCOC(CCCNC(=O)c1ccc(CNC2(C(=O)O)Cc3ccccc3C2)s1)OCC. The molecular formula is C24H32N2O5S. The van der Waals surface area contributed by atoms with Gasteiger partial charge in [0.2, 0.25) is 0 Å². The highest BCUT2D eigenvalue weighted by Gasteiger charge is 2.43. The summed E-state index contributed by atoms with van der Waals surface area (Å²) in [5, 5.41) is 16.1. The Hall–Kier alpha value is -2.26. The smallest absolute Gasteiger partial charge is 0.324 e. The molecule has 1 aliphatic rings. The van der Waals surface area contributed by atoms with Gasteiger partial charge in [0, 0.05) is 50.4 Å². The Kier molecular flexibility index (Phi) is 8.81. The van der Waals surface area contributed by atoms with E-state index in [9.17, 15) is 14.7 Å². The molecule has 32 heavy (non-hydrogen) atoms. The molecule has 0 radical (unpaired) electrons. The largest absolute Gasteiger partial charge is 0.480 e. The molecule has 3 rings (SSSR count). The zero-order valence-electron chi connectivity index (χ0n) is 18.7. The standard InChI is InChI=1S/C24H32N2O5S/c1-3-30-21(31-4-2)10-7-13-25-22(27)20-12-11-19(32-20)16-26-24(23(28)29)14-17-8-5-6-9-18(17)15-24/h5-6,8-9,11-12,21,26H,3-4,7,10,13-16H2,1-2H3,(H,25,27)(H,28,29). The van der Waals surface area contributed by atoms with Crippen LogP contribution < -0.4 is 10.6 Å². The van der Waals surface area contributed by atoms with E-state index in [-0.39, 0.29) is 12.2 Å². The number of carboxylic acid groups (broad SMARTS) is 1. The number of carbonyl (C=O) groups is 2. The lowest BCUT2D eigenvalue weighted by Crippen LogP contribution is -2.52. The van der Waals surface area contributed by atoms with Crippen molar-refractivity contribution in [1.82, 2.24) is 10.6 Å². The summed E-state index contributed by atoms with van der Waals surface area (Å²) >= 11 is 1.38. The van der Waals surface area contributed by atoms with Gasteiger partial charge in [-0.15, -0.1) is 11.3 Å². The van der Waals surface area contributed by atoms with E-state index in [2.05, 4.69) is 10.6 Å². The normalized spacial score (nSPS) is 14.5. The number of hydrogen-bond donors (Lipinski definition) is 3. The van der Waals surface area contributed by atoms with E-state index in [1.54, 1.807) is 6.07 Å². The van der Waals surface area contributed by atoms with Crippen molar-refractivity contribution in [2.75, 3.05) is 19.8 Å². The third-order valence-corrected chi connectivity index (χ3v) is 6.69. The maximum Gasteiger partial charge on any atom is 0.324 e. The number of carbonyl (C=O) groups excluding carboxylic acids is 1. The Morgan fingerprint density at radius 1 is 1.09 bits per heavy atom. The number of benzene rings is 1. The summed E-state index contributed by atoms with van der Waals surface area (Å²) in [6, 6.07) is 11.5. The predicted octanol–water partition coefficient (Wildman–Crippen LogP) is 3.37. The first kappa shape index (κ1) is 24.4. The van der Waals surface area contributed by atoms with Gasteiger partial charge in [-0.3, -0.25) is 14.9 Å². The third kappa shape index (κ3) is 6.16. The van der Waals surface area contributed by atoms with Crippen LogP contribution in [0, 0.1) is 0 Å². The van der Waals surface area contributed by atoms with Gasteiger partial charge in [-0.1, -0.05) is 24.3 Å². The van der Waals surface area contributed by atoms with E-state index < -0.39 is 11.5 Å². The van der Waals surface area contributed by atoms with Crippen molar-refractivity contribution in [3.8, 4) is 0 Å². The molecule has 8 heteroatoms. The molecule has 0 spiro atoms. The van der Waals surface area contributed by atoms with Crippen LogP contribution in [-0.2, 0) is 33.7 Å². The lowest BCUT2D eigenvalue weighted by atomic mass is 9.96. The number of rotatable bonds is 13. The Bertz CT molecular complexity index is 882. The Labute approximate surface area is 193 Å². The molecule has 1 aromatic carbocycles. The van der Waals surface area contributed by atoms with Crippen molar-refractivity contribution >= 4 is 23.2 Å². The molecule has 1 heterocycles. The quantitative estimate of drug-likeness (QED) is 0.313. The minimum Gasteiger partial charge on any atom is -0.480 e. The van der Waals surface area contributed by atoms with E-state index in [0.717, 1.165) is 28.8 Å². The lowest BCUT2D eigenvalue weighted by Gasteiger charge is -2.25. The number of ether oxygens (including phenoxy) is 2. The summed E-state index contributed by atoms with van der Waals surface area (Å²) in [6.07, 6.45) is 2.17. The molecule has 1 aromatic heterocycles. The first-order valence-corrected chi connectivity index (χ1v) is 11.9. The maximum atomic E-state index is 12.5. The summed E-state index contributed by atoms with van der Waals surface area (Å²) in [7, 11) is 0. The van der Waals surface area contributed by atoms with Gasteiger partial charge in [0.25, 0.3) is 5.91 Å². The predicted molar refractivity (Wildman–Crippen MR) is 124 cm³/mol. The fraction of sp³-hybridized carbons (Fsp3) is 0.500. The topological polar surface area (TPSA) is 96.9 Å². The Balaban J connectivity index is 1.48. The first-order chi connectivity index (χ1) is 15.5. The fourth-order valence-corrected chi connectivity index (χ4v) is 4.83. The molecule has 0 unspecified atom stereocenters. The van der Waals surface area contributed by atoms with Gasteiger partial charge >= 0.3 is 5.97 Å². The molecule has 2 aromatic rings. The van der Waals surface area contributed by atoms with Gasteiger partial charge < -0.3 is 19.9 Å². The van der Waals surface area contributed by atoms with Gasteiger partial charge in [0.15, 0.2) is 6.29 Å². The molecule has 7 nitrogen and oxygen atoms in total. The number of nitrogens with one attached hydrogen (secondary N) is 2. The number of fused-ring (bicyclic) bond motifs is 1. The number of aliphatic carboxylic acids is 1. The van der Waals surface area contributed by atoms with Gasteiger partial charge in [-0.2, -0.15) is 0 Å². The molecule has 0 aliphatic heterocycles. The summed E-state index contributed by atoms with van der Waals surface area (Å²) in [6.45, 7) is 6.00. The molecular weight excluding hydrogens is 428 g/mol. The van der Waals surface area contributed by atoms with Gasteiger partial charge in [0.1, 0.15) is 5.54 Å². The van der Waals surface area contributed by atoms with Crippen LogP contribution in [0.2, 0.25) is 0 Å². The molecule has 1 aliphatic carbocycles. The fourth-order valence-electron chi connectivity index (χ4n) is 3.96. The molecule has 0 atom stereocenters. The molecule has 3 N–H and O–H groups in total. The van der Waals surface area contributed by atoms with Crippen molar-refractivity contribution in [2.45, 2.75) is 57.9 Å². The minimum atomic E-state index is -1.01. The van der Waals surface area contributed by atoms with Crippen LogP contribution in [-0.4, -0.2) is 48.6 Å². The van der Waals surface area contributed by atoms with E-state index in [0.29, 0.717) is 44.0 Å². The number of amides is 1. The van der Waals surface area contributed by atoms with Crippen LogP contribution >= 0.6 is 11.3 Å². The molecule has 0 saturated carbocycles. The number of hydrogen-bond acceptors (Lipinski definition) is 6. The second-order valence-electron chi connectivity index (χ2n) is 7.87. The Morgan fingerprint density at radius 2 is 1.75 bits per heavy atom. The summed E-state index contributed by atoms with van der Waals surface area (Å²) in [5.74, 6) is -0.965. The molecule has 0 bridgehead atoms. The second kappa shape index (κ2) is 11.6.